The van der Waals surface area contributed by atoms with Gasteiger partial charge < -0.3 is 10.0 Å². The summed E-state index contributed by atoms with van der Waals surface area (Å²) in [4.78, 5) is 14.3. The zero-order chi connectivity index (χ0) is 16.2. The second kappa shape index (κ2) is 6.82. The summed E-state index contributed by atoms with van der Waals surface area (Å²) in [7, 11) is 0. The quantitative estimate of drug-likeness (QED) is 0.884. The van der Waals surface area contributed by atoms with Crippen molar-refractivity contribution in [3.8, 4) is 5.75 Å². The molecule has 3 nitrogen and oxygen atoms in total. The minimum atomic E-state index is -0.272. The number of para-hydroxylation sites is 1. The molecule has 0 aromatic heterocycles. The Bertz CT molecular complexity index is 697. The fourth-order valence-electron chi connectivity index (χ4n) is 2.72. The highest BCUT2D eigenvalue weighted by Gasteiger charge is 2.32. The van der Waals surface area contributed by atoms with Crippen LogP contribution in [-0.4, -0.2) is 22.0 Å². The zero-order valence-electron chi connectivity index (χ0n) is 12.9. The van der Waals surface area contributed by atoms with Gasteiger partial charge in [-0.15, -0.1) is 0 Å². The van der Waals surface area contributed by atoms with E-state index in [0.29, 0.717) is 24.9 Å². The lowest BCUT2D eigenvalue weighted by Crippen LogP contribution is -2.33. The summed E-state index contributed by atoms with van der Waals surface area (Å²) in [6, 6.07) is 13.9. The lowest BCUT2D eigenvalue weighted by molar-refractivity contribution is -0.132. The van der Waals surface area contributed by atoms with E-state index in [1.165, 1.54) is 6.07 Å². The standard InChI is InChI=1S/C19H20FNO2/c20-17-7-3-1-6-15(17)13-21(16-10-11-16)19(23)12-9-14-5-2-4-8-18(14)22/h1-8,16,22H,9-13H2. The van der Waals surface area contributed by atoms with E-state index in [-0.39, 0.29) is 23.5 Å². The van der Waals surface area contributed by atoms with Gasteiger partial charge in [0, 0.05) is 24.6 Å². The third-order valence-electron chi connectivity index (χ3n) is 4.21. The van der Waals surface area contributed by atoms with Gasteiger partial charge in [0.25, 0.3) is 0 Å². The van der Waals surface area contributed by atoms with Crippen LogP contribution in [0.15, 0.2) is 48.5 Å². The molecule has 4 heteroatoms. The molecule has 1 aliphatic carbocycles. The van der Waals surface area contributed by atoms with Crippen LogP contribution >= 0.6 is 0 Å². The van der Waals surface area contributed by atoms with Crippen LogP contribution in [0.3, 0.4) is 0 Å². The largest absolute Gasteiger partial charge is 0.508 e. The van der Waals surface area contributed by atoms with E-state index in [0.717, 1.165) is 18.4 Å². The molecule has 0 saturated heterocycles. The van der Waals surface area contributed by atoms with Gasteiger partial charge in [0.05, 0.1) is 0 Å². The Morgan fingerprint density at radius 1 is 1.09 bits per heavy atom. The van der Waals surface area contributed by atoms with E-state index in [4.69, 9.17) is 0 Å². The molecule has 120 valence electrons. The summed E-state index contributed by atoms with van der Waals surface area (Å²) in [6.07, 6.45) is 2.78. The first-order chi connectivity index (χ1) is 11.1. The Kier molecular flexibility index (Phi) is 4.60. The van der Waals surface area contributed by atoms with Gasteiger partial charge in [0.2, 0.25) is 5.91 Å². The predicted molar refractivity (Wildman–Crippen MR) is 86.4 cm³/mol. The van der Waals surface area contributed by atoms with Crippen LogP contribution in [0, 0.1) is 5.82 Å². The Labute approximate surface area is 135 Å². The Balaban J connectivity index is 1.65. The number of phenolic OH excluding ortho intramolecular Hbond substituents is 1. The number of halogens is 1. The number of benzene rings is 2. The molecule has 23 heavy (non-hydrogen) atoms. The number of hydrogen-bond donors (Lipinski definition) is 1. The Morgan fingerprint density at radius 3 is 2.39 bits per heavy atom. The number of phenols is 1. The molecule has 0 bridgehead atoms. The van der Waals surface area contributed by atoms with Gasteiger partial charge in [-0.05, 0) is 37.0 Å². The molecular formula is C19H20FNO2. The first-order valence-corrected chi connectivity index (χ1v) is 7.95. The van der Waals surface area contributed by atoms with Crippen molar-refractivity contribution < 1.29 is 14.3 Å². The second-order valence-electron chi connectivity index (χ2n) is 5.97. The van der Waals surface area contributed by atoms with Crippen molar-refractivity contribution >= 4 is 5.91 Å². The van der Waals surface area contributed by atoms with Crippen molar-refractivity contribution in [2.24, 2.45) is 0 Å². The highest BCUT2D eigenvalue weighted by Crippen LogP contribution is 2.30. The number of carbonyl (C=O) groups excluding carboxylic acids is 1. The Hall–Kier alpha value is -2.36. The number of aryl methyl sites for hydroxylation is 1. The summed E-state index contributed by atoms with van der Waals surface area (Å²) in [5, 5.41) is 9.78. The normalized spacial score (nSPS) is 13.8. The number of hydrogen-bond acceptors (Lipinski definition) is 2. The lowest BCUT2D eigenvalue weighted by atomic mass is 10.1. The molecule has 1 amide bonds. The average Bonchev–Trinajstić information content (AvgIpc) is 3.38. The summed E-state index contributed by atoms with van der Waals surface area (Å²) < 4.78 is 13.8. The number of rotatable bonds is 6. The van der Waals surface area contributed by atoms with Crippen molar-refractivity contribution in [2.45, 2.75) is 38.3 Å². The van der Waals surface area contributed by atoms with Crippen LogP contribution in [0.1, 0.15) is 30.4 Å². The molecule has 0 heterocycles. The summed E-state index contributed by atoms with van der Waals surface area (Å²) in [5.41, 5.74) is 1.32. The van der Waals surface area contributed by atoms with Crippen molar-refractivity contribution in [1.29, 1.82) is 0 Å². The molecule has 0 aliphatic heterocycles. The number of carbonyl (C=O) groups is 1. The number of aromatic hydroxyl groups is 1. The van der Waals surface area contributed by atoms with Gasteiger partial charge in [-0.3, -0.25) is 4.79 Å². The molecule has 0 radical (unpaired) electrons. The van der Waals surface area contributed by atoms with Gasteiger partial charge in [0.15, 0.2) is 0 Å². The van der Waals surface area contributed by atoms with Crippen LogP contribution < -0.4 is 0 Å². The molecule has 1 fully saturated rings. The smallest absolute Gasteiger partial charge is 0.223 e. The molecule has 0 unspecified atom stereocenters. The van der Waals surface area contributed by atoms with Gasteiger partial charge >= 0.3 is 0 Å². The molecular weight excluding hydrogens is 293 g/mol. The van der Waals surface area contributed by atoms with Crippen molar-refractivity contribution in [3.63, 3.8) is 0 Å². The molecule has 3 rings (SSSR count). The first kappa shape index (κ1) is 15.5. The van der Waals surface area contributed by atoms with Crippen LogP contribution in [0.25, 0.3) is 0 Å². The highest BCUT2D eigenvalue weighted by atomic mass is 19.1. The lowest BCUT2D eigenvalue weighted by Gasteiger charge is -2.23. The zero-order valence-corrected chi connectivity index (χ0v) is 12.9. The molecule has 1 aliphatic rings. The molecule has 0 atom stereocenters. The molecule has 2 aromatic carbocycles. The Morgan fingerprint density at radius 2 is 1.74 bits per heavy atom. The minimum absolute atomic E-state index is 0.0130. The monoisotopic (exact) mass is 313 g/mol. The highest BCUT2D eigenvalue weighted by molar-refractivity contribution is 5.77. The van der Waals surface area contributed by atoms with Crippen LogP contribution in [0.2, 0.25) is 0 Å². The summed E-state index contributed by atoms with van der Waals surface area (Å²) in [5.74, 6) is -0.0435. The van der Waals surface area contributed by atoms with E-state index in [1.807, 2.05) is 12.1 Å². The third kappa shape index (κ3) is 3.89. The van der Waals surface area contributed by atoms with Gasteiger partial charge in [0.1, 0.15) is 11.6 Å². The van der Waals surface area contributed by atoms with E-state index in [1.54, 1.807) is 35.2 Å². The van der Waals surface area contributed by atoms with E-state index in [9.17, 15) is 14.3 Å². The minimum Gasteiger partial charge on any atom is -0.508 e. The van der Waals surface area contributed by atoms with Crippen LogP contribution in [-0.2, 0) is 17.8 Å². The molecule has 1 N–H and O–H groups in total. The van der Waals surface area contributed by atoms with Crippen molar-refractivity contribution in [2.75, 3.05) is 0 Å². The maximum atomic E-state index is 13.8. The predicted octanol–water partition coefficient (Wildman–Crippen LogP) is 3.66. The summed E-state index contributed by atoms with van der Waals surface area (Å²) >= 11 is 0. The van der Waals surface area contributed by atoms with Gasteiger partial charge in [-0.1, -0.05) is 36.4 Å². The van der Waals surface area contributed by atoms with Crippen LogP contribution in [0.5, 0.6) is 5.75 Å². The van der Waals surface area contributed by atoms with E-state index in [2.05, 4.69) is 0 Å². The molecule has 0 spiro atoms. The third-order valence-corrected chi connectivity index (χ3v) is 4.21. The topological polar surface area (TPSA) is 40.5 Å². The number of amides is 1. The fraction of sp³-hybridized carbons (Fsp3) is 0.316. The van der Waals surface area contributed by atoms with Crippen molar-refractivity contribution in [1.82, 2.24) is 4.90 Å². The maximum absolute atomic E-state index is 13.8. The van der Waals surface area contributed by atoms with E-state index < -0.39 is 0 Å². The van der Waals surface area contributed by atoms with Crippen LogP contribution in [0.4, 0.5) is 4.39 Å². The molecule has 1 saturated carbocycles. The van der Waals surface area contributed by atoms with Crippen molar-refractivity contribution in [3.05, 3.63) is 65.5 Å². The summed E-state index contributed by atoms with van der Waals surface area (Å²) in [6.45, 7) is 0.316. The fourth-order valence-corrected chi connectivity index (χ4v) is 2.72. The molecule has 2 aromatic rings. The SMILES string of the molecule is O=C(CCc1ccccc1O)N(Cc1ccccc1F)C1CC1. The number of nitrogens with zero attached hydrogens (tertiary/aromatic N) is 1. The second-order valence-corrected chi connectivity index (χ2v) is 5.97. The first-order valence-electron chi connectivity index (χ1n) is 7.95. The average molecular weight is 313 g/mol. The maximum Gasteiger partial charge on any atom is 0.223 e. The van der Waals surface area contributed by atoms with Gasteiger partial charge in [-0.2, -0.15) is 0 Å². The van der Waals surface area contributed by atoms with Gasteiger partial charge in [-0.25, -0.2) is 4.39 Å². The van der Waals surface area contributed by atoms with E-state index >= 15 is 0 Å².